The Kier molecular flexibility index (Phi) is 5.74. The van der Waals surface area contributed by atoms with Crippen molar-refractivity contribution in [2.75, 3.05) is 6.61 Å². The molecule has 0 radical (unpaired) electrons. The number of amides is 2. The van der Waals surface area contributed by atoms with Crippen molar-refractivity contribution in [1.29, 1.82) is 0 Å². The molecule has 0 aliphatic carbocycles. The highest BCUT2D eigenvalue weighted by molar-refractivity contribution is 5.77. The van der Waals surface area contributed by atoms with E-state index in [4.69, 9.17) is 16.2 Å². The number of carbonyl (C=O) groups excluding carboxylic acids is 2. The van der Waals surface area contributed by atoms with Crippen LogP contribution in [0.2, 0.25) is 0 Å². The molecule has 120 valence electrons. The Morgan fingerprint density at radius 3 is 2.35 bits per heavy atom. The van der Waals surface area contributed by atoms with Crippen molar-refractivity contribution in [3.8, 4) is 16.9 Å². The molecule has 2 rings (SSSR count). The molecule has 5 nitrogen and oxygen atoms in total. The first kappa shape index (κ1) is 16.5. The molecule has 0 spiro atoms. The van der Waals surface area contributed by atoms with Crippen molar-refractivity contribution in [1.82, 2.24) is 0 Å². The molecule has 2 aromatic rings. The second kappa shape index (κ2) is 7.98. The van der Waals surface area contributed by atoms with E-state index in [1.54, 1.807) is 0 Å². The zero-order chi connectivity index (χ0) is 16.7. The van der Waals surface area contributed by atoms with Crippen LogP contribution in [-0.4, -0.2) is 18.4 Å². The van der Waals surface area contributed by atoms with E-state index in [1.165, 1.54) is 0 Å². The molecule has 0 fully saturated rings. The van der Waals surface area contributed by atoms with Crippen molar-refractivity contribution in [2.45, 2.75) is 19.3 Å². The summed E-state index contributed by atoms with van der Waals surface area (Å²) in [6.07, 6.45) is 1.81. The van der Waals surface area contributed by atoms with Gasteiger partial charge in [0.15, 0.2) is 6.61 Å². The largest absolute Gasteiger partial charge is 0.483 e. The monoisotopic (exact) mass is 312 g/mol. The van der Waals surface area contributed by atoms with Crippen LogP contribution in [0.25, 0.3) is 11.1 Å². The lowest BCUT2D eigenvalue weighted by Crippen LogP contribution is -2.20. The van der Waals surface area contributed by atoms with Gasteiger partial charge in [0.2, 0.25) is 5.91 Å². The minimum atomic E-state index is -0.519. The van der Waals surface area contributed by atoms with Crippen molar-refractivity contribution in [3.63, 3.8) is 0 Å². The molecule has 0 heterocycles. The molecule has 0 bridgehead atoms. The summed E-state index contributed by atoms with van der Waals surface area (Å²) in [5.41, 5.74) is 13.3. The third kappa shape index (κ3) is 5.14. The Balaban J connectivity index is 2.25. The topological polar surface area (TPSA) is 95.4 Å². The van der Waals surface area contributed by atoms with E-state index < -0.39 is 5.91 Å². The Morgan fingerprint density at radius 1 is 0.957 bits per heavy atom. The van der Waals surface area contributed by atoms with Crippen molar-refractivity contribution in [2.24, 2.45) is 11.5 Å². The SMILES string of the molecule is NC(=O)CCCc1ccc(OCC(N)=O)c(-c2ccccc2)c1. The zero-order valence-corrected chi connectivity index (χ0v) is 12.8. The number of ether oxygens (including phenoxy) is 1. The standard InChI is InChI=1S/C18H20N2O3/c19-17(21)8-4-5-13-9-10-16(23-12-18(20)22)15(11-13)14-6-2-1-3-7-14/h1-3,6-7,9-11H,4-5,8,12H2,(H2,19,21)(H2,20,22). The summed E-state index contributed by atoms with van der Waals surface area (Å²) in [5, 5.41) is 0. The minimum absolute atomic E-state index is 0.166. The molecule has 0 saturated heterocycles. The molecule has 2 amide bonds. The maximum absolute atomic E-state index is 10.9. The van der Waals surface area contributed by atoms with Gasteiger partial charge in [-0.3, -0.25) is 9.59 Å². The van der Waals surface area contributed by atoms with Crippen LogP contribution in [0, 0.1) is 0 Å². The van der Waals surface area contributed by atoms with Gasteiger partial charge < -0.3 is 16.2 Å². The van der Waals surface area contributed by atoms with Crippen molar-refractivity contribution >= 4 is 11.8 Å². The third-order valence-electron chi connectivity index (χ3n) is 3.39. The Morgan fingerprint density at radius 2 is 1.70 bits per heavy atom. The fraction of sp³-hybridized carbons (Fsp3) is 0.222. The lowest BCUT2D eigenvalue weighted by Gasteiger charge is -2.13. The normalized spacial score (nSPS) is 10.3. The predicted molar refractivity (Wildman–Crippen MR) is 88.7 cm³/mol. The maximum atomic E-state index is 10.9. The van der Waals surface area contributed by atoms with Crippen LogP contribution in [-0.2, 0) is 16.0 Å². The maximum Gasteiger partial charge on any atom is 0.255 e. The van der Waals surface area contributed by atoms with Gasteiger partial charge in [0.1, 0.15) is 5.75 Å². The Labute approximate surface area is 135 Å². The molecule has 0 unspecified atom stereocenters. The molecule has 23 heavy (non-hydrogen) atoms. The van der Waals surface area contributed by atoms with Gasteiger partial charge >= 0.3 is 0 Å². The predicted octanol–water partition coefficient (Wildman–Crippen LogP) is 2.03. The van der Waals surface area contributed by atoms with E-state index in [-0.39, 0.29) is 12.5 Å². The Bertz CT molecular complexity index is 684. The summed E-state index contributed by atoms with van der Waals surface area (Å²) in [7, 11) is 0. The fourth-order valence-corrected chi connectivity index (χ4v) is 2.32. The average Bonchev–Trinajstić information content (AvgIpc) is 2.54. The van der Waals surface area contributed by atoms with Crippen LogP contribution in [0.5, 0.6) is 5.75 Å². The highest BCUT2D eigenvalue weighted by atomic mass is 16.5. The fourth-order valence-electron chi connectivity index (χ4n) is 2.32. The van der Waals surface area contributed by atoms with Crippen LogP contribution in [0.15, 0.2) is 48.5 Å². The smallest absolute Gasteiger partial charge is 0.255 e. The van der Waals surface area contributed by atoms with Gasteiger partial charge in [-0.2, -0.15) is 0 Å². The summed E-state index contributed by atoms with van der Waals surface area (Å²) in [6, 6.07) is 15.5. The van der Waals surface area contributed by atoms with Gasteiger partial charge in [0, 0.05) is 12.0 Å². The summed E-state index contributed by atoms with van der Waals surface area (Å²) in [5.74, 6) is -0.210. The van der Waals surface area contributed by atoms with E-state index in [2.05, 4.69) is 0 Å². The second-order valence-corrected chi connectivity index (χ2v) is 5.27. The molecule has 0 atom stereocenters. The van der Waals surface area contributed by atoms with E-state index in [0.29, 0.717) is 18.6 Å². The summed E-state index contributed by atoms with van der Waals surface area (Å²) in [4.78, 5) is 21.8. The summed E-state index contributed by atoms with van der Waals surface area (Å²) < 4.78 is 5.50. The first-order valence-electron chi connectivity index (χ1n) is 7.44. The van der Waals surface area contributed by atoms with Gasteiger partial charge in [-0.1, -0.05) is 36.4 Å². The van der Waals surface area contributed by atoms with Gasteiger partial charge in [0.05, 0.1) is 0 Å². The number of hydrogen-bond acceptors (Lipinski definition) is 3. The van der Waals surface area contributed by atoms with E-state index in [9.17, 15) is 9.59 Å². The lowest BCUT2D eigenvalue weighted by atomic mass is 9.99. The van der Waals surface area contributed by atoms with Crippen LogP contribution in [0.3, 0.4) is 0 Å². The first-order chi connectivity index (χ1) is 11.1. The number of hydrogen-bond donors (Lipinski definition) is 2. The summed E-state index contributed by atoms with van der Waals surface area (Å²) >= 11 is 0. The molecule has 0 saturated carbocycles. The highest BCUT2D eigenvalue weighted by Gasteiger charge is 2.09. The van der Waals surface area contributed by atoms with Gasteiger partial charge in [-0.25, -0.2) is 0 Å². The molecule has 5 heteroatoms. The number of rotatable bonds is 8. The minimum Gasteiger partial charge on any atom is -0.483 e. The third-order valence-corrected chi connectivity index (χ3v) is 3.39. The second-order valence-electron chi connectivity index (χ2n) is 5.27. The summed E-state index contributed by atoms with van der Waals surface area (Å²) in [6.45, 7) is -0.166. The molecular formula is C18H20N2O3. The van der Waals surface area contributed by atoms with E-state index in [0.717, 1.165) is 23.1 Å². The lowest BCUT2D eigenvalue weighted by molar-refractivity contribution is -0.120. The van der Waals surface area contributed by atoms with Crippen LogP contribution < -0.4 is 16.2 Å². The van der Waals surface area contributed by atoms with Gasteiger partial charge in [-0.05, 0) is 36.1 Å². The molecule has 2 aromatic carbocycles. The molecule has 0 aliphatic heterocycles. The van der Waals surface area contributed by atoms with Gasteiger partial charge in [-0.15, -0.1) is 0 Å². The van der Waals surface area contributed by atoms with Crippen LogP contribution in [0.1, 0.15) is 18.4 Å². The van der Waals surface area contributed by atoms with E-state index in [1.807, 2.05) is 48.5 Å². The number of benzene rings is 2. The van der Waals surface area contributed by atoms with Crippen LogP contribution >= 0.6 is 0 Å². The molecule has 0 aliphatic rings. The Hall–Kier alpha value is -2.82. The quantitative estimate of drug-likeness (QED) is 0.780. The molecular weight excluding hydrogens is 292 g/mol. The highest BCUT2D eigenvalue weighted by Crippen LogP contribution is 2.31. The number of primary amides is 2. The number of aryl methyl sites for hydroxylation is 1. The van der Waals surface area contributed by atoms with Crippen molar-refractivity contribution in [3.05, 3.63) is 54.1 Å². The van der Waals surface area contributed by atoms with Gasteiger partial charge in [0.25, 0.3) is 5.91 Å². The van der Waals surface area contributed by atoms with Crippen LogP contribution in [0.4, 0.5) is 0 Å². The average molecular weight is 312 g/mol. The molecule has 4 N–H and O–H groups in total. The number of nitrogens with two attached hydrogens (primary N) is 2. The first-order valence-corrected chi connectivity index (χ1v) is 7.44. The number of carbonyl (C=O) groups is 2. The van der Waals surface area contributed by atoms with E-state index >= 15 is 0 Å². The molecule has 0 aromatic heterocycles. The zero-order valence-electron chi connectivity index (χ0n) is 12.8. The van der Waals surface area contributed by atoms with Crippen molar-refractivity contribution < 1.29 is 14.3 Å².